The summed E-state index contributed by atoms with van der Waals surface area (Å²) < 4.78 is 24.7. The van der Waals surface area contributed by atoms with Gasteiger partial charge < -0.3 is 4.90 Å². The normalized spacial score (nSPS) is 20.9. The molecule has 17 heavy (non-hydrogen) atoms. The molecule has 1 heterocycles. The van der Waals surface area contributed by atoms with Crippen molar-refractivity contribution in [2.75, 3.05) is 17.7 Å². The second-order valence-electron chi connectivity index (χ2n) is 4.13. The summed E-state index contributed by atoms with van der Waals surface area (Å²) in [6.45, 7) is 0.385. The van der Waals surface area contributed by atoms with Crippen molar-refractivity contribution in [2.45, 2.75) is 12.5 Å². The summed E-state index contributed by atoms with van der Waals surface area (Å²) in [6, 6.07) is 8.90. The maximum atomic E-state index is 11.8. The molecule has 0 radical (unpaired) electrons. The van der Waals surface area contributed by atoms with Crippen molar-refractivity contribution in [3.8, 4) is 0 Å². The molecular formula is C11H14N2O3S. The minimum absolute atomic E-state index is 0.0580. The van der Waals surface area contributed by atoms with Crippen molar-refractivity contribution in [3.05, 3.63) is 30.3 Å². The fourth-order valence-corrected chi connectivity index (χ4v) is 2.71. The number of rotatable bonds is 3. The van der Waals surface area contributed by atoms with E-state index in [9.17, 15) is 13.2 Å². The van der Waals surface area contributed by atoms with Gasteiger partial charge in [0.1, 0.15) is 0 Å². The zero-order valence-corrected chi connectivity index (χ0v) is 10.3. The van der Waals surface area contributed by atoms with Gasteiger partial charge in [0.2, 0.25) is 15.9 Å². The van der Waals surface area contributed by atoms with Crippen LogP contribution in [-0.4, -0.2) is 33.2 Å². The van der Waals surface area contributed by atoms with Gasteiger partial charge in [-0.2, -0.15) is 0 Å². The van der Waals surface area contributed by atoms with Crippen molar-refractivity contribution >= 4 is 21.6 Å². The summed E-state index contributed by atoms with van der Waals surface area (Å²) in [5.41, 5.74) is 0.801. The molecule has 1 aliphatic rings. The number of nitrogens with zero attached hydrogens (tertiary/aromatic N) is 1. The van der Waals surface area contributed by atoms with Crippen LogP contribution in [0.2, 0.25) is 0 Å². The number of anilines is 1. The second kappa shape index (κ2) is 4.46. The number of nitrogens with one attached hydrogen (secondary N) is 1. The molecule has 1 fully saturated rings. The Morgan fingerprint density at radius 3 is 2.53 bits per heavy atom. The van der Waals surface area contributed by atoms with Gasteiger partial charge in [-0.3, -0.25) is 4.79 Å². The lowest BCUT2D eigenvalue weighted by atomic mass is 10.3. The van der Waals surface area contributed by atoms with Gasteiger partial charge in [-0.15, -0.1) is 0 Å². The summed E-state index contributed by atoms with van der Waals surface area (Å²) in [4.78, 5) is 13.4. The number of sulfonamides is 1. The average molecular weight is 254 g/mol. The van der Waals surface area contributed by atoms with E-state index in [0.717, 1.165) is 11.9 Å². The van der Waals surface area contributed by atoms with Crippen LogP contribution in [0.3, 0.4) is 0 Å². The highest BCUT2D eigenvalue weighted by Gasteiger charge is 2.31. The van der Waals surface area contributed by atoms with E-state index >= 15 is 0 Å². The van der Waals surface area contributed by atoms with E-state index in [4.69, 9.17) is 0 Å². The van der Waals surface area contributed by atoms with Gasteiger partial charge in [-0.05, 0) is 12.1 Å². The molecule has 1 amide bonds. The van der Waals surface area contributed by atoms with Crippen LogP contribution in [0.4, 0.5) is 5.69 Å². The highest BCUT2D eigenvalue weighted by Crippen LogP contribution is 2.21. The minimum atomic E-state index is -3.27. The van der Waals surface area contributed by atoms with Crippen LogP contribution in [0, 0.1) is 0 Å². The number of carbonyl (C=O) groups excluding carboxylic acids is 1. The van der Waals surface area contributed by atoms with Crippen LogP contribution >= 0.6 is 0 Å². The number of para-hydroxylation sites is 1. The molecule has 0 aliphatic carbocycles. The highest BCUT2D eigenvalue weighted by molar-refractivity contribution is 7.88. The third-order valence-corrected chi connectivity index (χ3v) is 3.34. The smallest absolute Gasteiger partial charge is 0.228 e. The van der Waals surface area contributed by atoms with E-state index < -0.39 is 10.0 Å². The fourth-order valence-electron chi connectivity index (χ4n) is 1.95. The largest absolute Gasteiger partial charge is 0.311 e. The SMILES string of the molecule is CS(=O)(=O)N[C@@H]1CC(=O)N(c2ccccc2)C1. The van der Waals surface area contributed by atoms with Gasteiger partial charge in [0.15, 0.2) is 0 Å². The number of amides is 1. The molecule has 1 aromatic carbocycles. The molecule has 0 saturated carbocycles. The van der Waals surface area contributed by atoms with Crippen molar-refractivity contribution in [1.29, 1.82) is 0 Å². The van der Waals surface area contributed by atoms with Crippen molar-refractivity contribution < 1.29 is 13.2 Å². The maximum Gasteiger partial charge on any atom is 0.228 e. The fraction of sp³-hybridized carbons (Fsp3) is 0.364. The Morgan fingerprint density at radius 1 is 1.29 bits per heavy atom. The van der Waals surface area contributed by atoms with E-state index in [1.807, 2.05) is 30.3 Å². The van der Waals surface area contributed by atoms with Crippen LogP contribution in [0.15, 0.2) is 30.3 Å². The Morgan fingerprint density at radius 2 is 1.94 bits per heavy atom. The molecule has 5 nitrogen and oxygen atoms in total. The molecule has 0 spiro atoms. The molecule has 1 aromatic rings. The minimum Gasteiger partial charge on any atom is -0.311 e. The van der Waals surface area contributed by atoms with Gasteiger partial charge in [0.25, 0.3) is 0 Å². The Bertz CT molecular complexity index is 513. The number of hydrogen-bond donors (Lipinski definition) is 1. The Balaban J connectivity index is 2.11. The first-order valence-electron chi connectivity index (χ1n) is 5.28. The van der Waals surface area contributed by atoms with Gasteiger partial charge in [-0.25, -0.2) is 13.1 Å². The molecule has 6 heteroatoms. The van der Waals surface area contributed by atoms with E-state index in [0.29, 0.717) is 6.54 Å². The molecule has 1 saturated heterocycles. The van der Waals surface area contributed by atoms with Crippen LogP contribution in [0.5, 0.6) is 0 Å². The van der Waals surface area contributed by atoms with E-state index in [1.54, 1.807) is 4.90 Å². The first kappa shape index (κ1) is 12.1. The molecular weight excluding hydrogens is 240 g/mol. The number of carbonyl (C=O) groups is 1. The third-order valence-electron chi connectivity index (χ3n) is 2.57. The lowest BCUT2D eigenvalue weighted by molar-refractivity contribution is -0.117. The highest BCUT2D eigenvalue weighted by atomic mass is 32.2. The molecule has 92 valence electrons. The van der Waals surface area contributed by atoms with Crippen LogP contribution < -0.4 is 9.62 Å². The first-order chi connectivity index (χ1) is 7.96. The molecule has 2 rings (SSSR count). The first-order valence-corrected chi connectivity index (χ1v) is 7.17. The Labute approximate surface area is 100 Å². The third kappa shape index (κ3) is 3.04. The molecule has 0 aromatic heterocycles. The molecule has 1 N–H and O–H groups in total. The van der Waals surface area contributed by atoms with Crippen molar-refractivity contribution in [3.63, 3.8) is 0 Å². The lowest BCUT2D eigenvalue weighted by Crippen LogP contribution is -2.36. The predicted molar refractivity (Wildman–Crippen MR) is 65.2 cm³/mol. The molecule has 1 atom stereocenters. The predicted octanol–water partition coefficient (Wildman–Crippen LogP) is 0.341. The monoisotopic (exact) mass is 254 g/mol. The van der Waals surface area contributed by atoms with Gasteiger partial charge >= 0.3 is 0 Å². The zero-order valence-electron chi connectivity index (χ0n) is 9.46. The summed E-state index contributed by atoms with van der Waals surface area (Å²) in [5.74, 6) is -0.0580. The second-order valence-corrected chi connectivity index (χ2v) is 5.91. The lowest BCUT2D eigenvalue weighted by Gasteiger charge is -2.16. The Hall–Kier alpha value is -1.40. The van der Waals surface area contributed by atoms with E-state index in [-0.39, 0.29) is 18.4 Å². The zero-order chi connectivity index (χ0) is 12.5. The summed E-state index contributed by atoms with van der Waals surface area (Å²) in [5, 5.41) is 0. The van der Waals surface area contributed by atoms with Gasteiger partial charge in [0, 0.05) is 24.7 Å². The van der Waals surface area contributed by atoms with E-state index in [2.05, 4.69) is 4.72 Å². The van der Waals surface area contributed by atoms with Crippen LogP contribution in [0.25, 0.3) is 0 Å². The summed E-state index contributed by atoms with van der Waals surface area (Å²) >= 11 is 0. The molecule has 0 bridgehead atoms. The summed E-state index contributed by atoms with van der Waals surface area (Å²) in [7, 11) is -3.27. The average Bonchev–Trinajstić information content (AvgIpc) is 2.58. The van der Waals surface area contributed by atoms with E-state index in [1.165, 1.54) is 0 Å². The standard InChI is InChI=1S/C11H14N2O3S/c1-17(15,16)12-9-7-11(14)13(8-9)10-5-3-2-4-6-10/h2-6,9,12H,7-8H2,1H3/t9-/m1/s1. The quantitative estimate of drug-likeness (QED) is 0.846. The Kier molecular flexibility index (Phi) is 3.17. The molecule has 0 unspecified atom stereocenters. The number of hydrogen-bond acceptors (Lipinski definition) is 3. The molecule has 1 aliphatic heterocycles. The number of benzene rings is 1. The van der Waals surface area contributed by atoms with Crippen LogP contribution in [-0.2, 0) is 14.8 Å². The topological polar surface area (TPSA) is 66.5 Å². The van der Waals surface area contributed by atoms with Gasteiger partial charge in [0.05, 0.1) is 6.26 Å². The van der Waals surface area contributed by atoms with Gasteiger partial charge in [-0.1, -0.05) is 18.2 Å². The summed E-state index contributed by atoms with van der Waals surface area (Å²) in [6.07, 6.45) is 1.31. The van der Waals surface area contributed by atoms with Crippen molar-refractivity contribution in [1.82, 2.24) is 4.72 Å². The maximum absolute atomic E-state index is 11.8. The van der Waals surface area contributed by atoms with Crippen LogP contribution in [0.1, 0.15) is 6.42 Å². The van der Waals surface area contributed by atoms with Crippen molar-refractivity contribution in [2.24, 2.45) is 0 Å².